The van der Waals surface area contributed by atoms with E-state index >= 15 is 0 Å². The molecule has 4 saturated carbocycles. The summed E-state index contributed by atoms with van der Waals surface area (Å²) in [5.74, 6) is 3.27. The molecule has 0 aromatic carbocycles. The minimum atomic E-state index is -0.0434. The first kappa shape index (κ1) is 15.7. The van der Waals surface area contributed by atoms with Crippen LogP contribution in [0.5, 0.6) is 0 Å². The van der Waals surface area contributed by atoms with E-state index in [1.807, 2.05) is 6.20 Å². The standard InChI is InChI=1S/C21H31NO/c1-20-10-8-16(23)12-14(20)4-6-17-18-7-5-15(13-22-3)21(18,2)11-9-19(17)20/h13-14,16-19,23H,4-12H2,1-2H3/b15-13-/t14-,16+,17-,18-,19-,20-,21+/m0/s1. The van der Waals surface area contributed by atoms with Crippen molar-refractivity contribution in [3.63, 3.8) is 0 Å². The van der Waals surface area contributed by atoms with Gasteiger partial charge in [-0.05, 0) is 92.3 Å². The summed E-state index contributed by atoms with van der Waals surface area (Å²) in [6.45, 7) is 12.2. The highest BCUT2D eigenvalue weighted by Gasteiger charge is 2.58. The molecule has 126 valence electrons. The normalized spacial score (nSPS) is 54.0. The van der Waals surface area contributed by atoms with Gasteiger partial charge >= 0.3 is 0 Å². The van der Waals surface area contributed by atoms with Gasteiger partial charge in [0.1, 0.15) is 0 Å². The van der Waals surface area contributed by atoms with Crippen LogP contribution in [-0.4, -0.2) is 11.2 Å². The third kappa shape index (κ3) is 2.15. The fourth-order valence-corrected chi connectivity index (χ4v) is 7.37. The van der Waals surface area contributed by atoms with E-state index in [0.29, 0.717) is 10.8 Å². The molecule has 2 nitrogen and oxygen atoms in total. The Labute approximate surface area is 141 Å². The largest absolute Gasteiger partial charge is 0.393 e. The molecule has 1 N–H and O–H groups in total. The van der Waals surface area contributed by atoms with Crippen molar-refractivity contribution < 1.29 is 5.11 Å². The Morgan fingerprint density at radius 2 is 1.91 bits per heavy atom. The summed E-state index contributed by atoms with van der Waals surface area (Å²) >= 11 is 0. The molecule has 0 heterocycles. The Hall–Kier alpha value is -0.810. The van der Waals surface area contributed by atoms with Crippen LogP contribution >= 0.6 is 0 Å². The zero-order valence-corrected chi connectivity index (χ0v) is 14.7. The minimum Gasteiger partial charge on any atom is -0.393 e. The summed E-state index contributed by atoms with van der Waals surface area (Å²) in [5, 5.41) is 10.1. The molecule has 0 aromatic rings. The Morgan fingerprint density at radius 1 is 1.09 bits per heavy atom. The SMILES string of the molecule is [C-]#[N+]/C=C1/CC[C@H]2[C@@H]3CC[C@H]4C[C@H](O)CC[C@]4(C)[C@H]3CC[C@]12C. The summed E-state index contributed by atoms with van der Waals surface area (Å²) in [6, 6.07) is 0. The van der Waals surface area contributed by atoms with Gasteiger partial charge in [0, 0.05) is 0 Å². The van der Waals surface area contributed by atoms with E-state index in [1.165, 1.54) is 44.1 Å². The predicted molar refractivity (Wildman–Crippen MR) is 92.4 cm³/mol. The first-order valence-corrected chi connectivity index (χ1v) is 9.73. The summed E-state index contributed by atoms with van der Waals surface area (Å²) in [5.41, 5.74) is 2.22. The molecule has 0 aromatic heterocycles. The van der Waals surface area contributed by atoms with E-state index in [2.05, 4.69) is 18.7 Å². The van der Waals surface area contributed by atoms with Crippen molar-refractivity contribution in [3.8, 4) is 0 Å². The lowest BCUT2D eigenvalue weighted by Gasteiger charge is -2.60. The van der Waals surface area contributed by atoms with Crippen LogP contribution in [0, 0.1) is 41.1 Å². The van der Waals surface area contributed by atoms with Crippen LogP contribution in [-0.2, 0) is 0 Å². The molecule has 4 rings (SSSR count). The summed E-state index contributed by atoms with van der Waals surface area (Å²) in [4.78, 5) is 3.61. The number of hydrogen-bond donors (Lipinski definition) is 1. The number of nitrogens with zero attached hydrogens (tertiary/aromatic N) is 1. The fourth-order valence-electron chi connectivity index (χ4n) is 7.37. The molecule has 0 radical (unpaired) electrons. The molecule has 2 heteroatoms. The zero-order chi connectivity index (χ0) is 16.2. The molecule has 0 unspecified atom stereocenters. The zero-order valence-electron chi connectivity index (χ0n) is 14.7. The van der Waals surface area contributed by atoms with E-state index in [0.717, 1.165) is 42.9 Å². The topological polar surface area (TPSA) is 24.6 Å². The van der Waals surface area contributed by atoms with Gasteiger partial charge in [0.25, 0.3) is 0 Å². The van der Waals surface area contributed by atoms with E-state index in [9.17, 15) is 5.11 Å². The highest BCUT2D eigenvalue weighted by atomic mass is 16.3. The number of allylic oxidation sites excluding steroid dienone is 1. The number of fused-ring (bicyclic) bond motifs is 5. The highest BCUT2D eigenvalue weighted by molar-refractivity contribution is 5.25. The maximum atomic E-state index is 10.1. The van der Waals surface area contributed by atoms with Gasteiger partial charge in [-0.15, -0.1) is 0 Å². The maximum Gasteiger partial charge on any atom is 0.154 e. The predicted octanol–water partition coefficient (Wildman–Crippen LogP) is 5.19. The summed E-state index contributed by atoms with van der Waals surface area (Å²) in [7, 11) is 0. The lowest BCUT2D eigenvalue weighted by Crippen LogP contribution is -2.53. The van der Waals surface area contributed by atoms with Crippen LogP contribution in [0.4, 0.5) is 0 Å². The summed E-state index contributed by atoms with van der Waals surface area (Å²) in [6.07, 6.45) is 12.9. The molecule has 7 atom stereocenters. The molecular formula is C21H31NO. The van der Waals surface area contributed by atoms with Gasteiger partial charge in [0.05, 0.1) is 12.7 Å². The van der Waals surface area contributed by atoms with Crippen LogP contribution < -0.4 is 0 Å². The van der Waals surface area contributed by atoms with E-state index in [1.54, 1.807) is 0 Å². The first-order chi connectivity index (χ1) is 11.0. The highest BCUT2D eigenvalue weighted by Crippen LogP contribution is 2.67. The molecule has 0 aliphatic heterocycles. The second-order valence-electron chi connectivity index (χ2n) is 9.36. The Kier molecular flexibility index (Phi) is 3.65. The molecule has 4 fully saturated rings. The third-order valence-electron chi connectivity index (χ3n) is 8.71. The van der Waals surface area contributed by atoms with Crippen molar-refractivity contribution in [2.45, 2.75) is 77.7 Å². The van der Waals surface area contributed by atoms with Gasteiger partial charge in [-0.25, -0.2) is 4.85 Å². The lowest BCUT2D eigenvalue weighted by atomic mass is 9.45. The van der Waals surface area contributed by atoms with Crippen LogP contribution in [0.3, 0.4) is 0 Å². The van der Waals surface area contributed by atoms with Crippen molar-refractivity contribution in [1.29, 1.82) is 0 Å². The lowest BCUT2D eigenvalue weighted by molar-refractivity contribution is -0.116. The van der Waals surface area contributed by atoms with Crippen molar-refractivity contribution >= 4 is 0 Å². The quantitative estimate of drug-likeness (QED) is 0.611. The second kappa shape index (κ2) is 5.35. The molecule has 0 amide bonds. The van der Waals surface area contributed by atoms with E-state index < -0.39 is 0 Å². The molecule has 0 saturated heterocycles. The number of aliphatic hydroxyl groups is 1. The van der Waals surface area contributed by atoms with E-state index in [-0.39, 0.29) is 6.10 Å². The van der Waals surface area contributed by atoms with E-state index in [4.69, 9.17) is 6.57 Å². The fraction of sp³-hybridized carbons (Fsp3) is 0.857. The Bertz CT molecular complexity index is 561. The van der Waals surface area contributed by atoms with Gasteiger partial charge in [-0.1, -0.05) is 19.4 Å². The minimum absolute atomic E-state index is 0.0434. The molecule has 4 aliphatic carbocycles. The number of rotatable bonds is 0. The average molecular weight is 313 g/mol. The monoisotopic (exact) mass is 313 g/mol. The second-order valence-corrected chi connectivity index (χ2v) is 9.36. The van der Waals surface area contributed by atoms with Crippen LogP contribution in [0.1, 0.15) is 71.6 Å². The average Bonchev–Trinajstić information content (AvgIpc) is 2.85. The Balaban J connectivity index is 1.63. The molecule has 0 spiro atoms. The summed E-state index contributed by atoms with van der Waals surface area (Å²) < 4.78 is 0. The van der Waals surface area contributed by atoms with Crippen molar-refractivity contribution in [2.24, 2.45) is 34.5 Å². The van der Waals surface area contributed by atoms with Crippen LogP contribution in [0.2, 0.25) is 0 Å². The Morgan fingerprint density at radius 3 is 2.70 bits per heavy atom. The smallest absolute Gasteiger partial charge is 0.154 e. The molecule has 0 bridgehead atoms. The van der Waals surface area contributed by atoms with Crippen LogP contribution in [0.25, 0.3) is 4.85 Å². The van der Waals surface area contributed by atoms with Gasteiger partial charge in [0.15, 0.2) is 6.20 Å². The van der Waals surface area contributed by atoms with Gasteiger partial charge < -0.3 is 5.11 Å². The third-order valence-corrected chi connectivity index (χ3v) is 8.71. The van der Waals surface area contributed by atoms with Crippen molar-refractivity contribution in [1.82, 2.24) is 0 Å². The number of hydrogen-bond acceptors (Lipinski definition) is 1. The first-order valence-electron chi connectivity index (χ1n) is 9.73. The molecule has 23 heavy (non-hydrogen) atoms. The van der Waals surface area contributed by atoms with Crippen LogP contribution in [0.15, 0.2) is 11.8 Å². The molecule has 4 aliphatic rings. The van der Waals surface area contributed by atoms with Gasteiger partial charge in [-0.2, -0.15) is 0 Å². The number of aliphatic hydroxyl groups excluding tert-OH is 1. The van der Waals surface area contributed by atoms with Gasteiger partial charge in [-0.3, -0.25) is 0 Å². The molecular weight excluding hydrogens is 282 g/mol. The maximum absolute atomic E-state index is 10.1. The van der Waals surface area contributed by atoms with Crippen molar-refractivity contribution in [3.05, 3.63) is 23.2 Å². The van der Waals surface area contributed by atoms with Crippen molar-refractivity contribution in [2.75, 3.05) is 0 Å². The van der Waals surface area contributed by atoms with Gasteiger partial charge in [0.2, 0.25) is 0 Å².